The average molecular weight is 209 g/mol. The Kier molecular flexibility index (Phi) is 2.04. The van der Waals surface area contributed by atoms with Crippen LogP contribution < -0.4 is 5.43 Å². The van der Waals surface area contributed by atoms with Crippen molar-refractivity contribution in [3.63, 3.8) is 0 Å². The number of aryl methyl sites for hydroxylation is 2. The summed E-state index contributed by atoms with van der Waals surface area (Å²) < 4.78 is 0. The SMILES string of the molecule is Cc1cc2c(=O)c(Cl)c[nH]c2c(C)n1. The Hall–Kier alpha value is -1.35. The molecule has 0 spiro atoms. The molecule has 0 aromatic carbocycles. The third-order valence-electron chi connectivity index (χ3n) is 2.13. The molecule has 1 N–H and O–H groups in total. The average Bonchev–Trinajstić information content (AvgIpc) is 2.12. The fraction of sp³-hybridized carbons (Fsp3) is 0.200. The Balaban J connectivity index is 3.03. The Morgan fingerprint density at radius 1 is 1.43 bits per heavy atom. The van der Waals surface area contributed by atoms with Gasteiger partial charge in [0.2, 0.25) is 5.43 Å². The minimum Gasteiger partial charge on any atom is -0.358 e. The summed E-state index contributed by atoms with van der Waals surface area (Å²) in [6.07, 6.45) is 1.50. The number of nitrogens with zero attached hydrogens (tertiary/aromatic N) is 1. The van der Waals surface area contributed by atoms with Gasteiger partial charge in [0.15, 0.2) is 0 Å². The molecule has 0 atom stereocenters. The lowest BCUT2D eigenvalue weighted by Gasteiger charge is -2.02. The molecule has 0 aliphatic rings. The molecule has 72 valence electrons. The smallest absolute Gasteiger partial charge is 0.208 e. The summed E-state index contributed by atoms with van der Waals surface area (Å²) in [7, 11) is 0. The highest BCUT2D eigenvalue weighted by Crippen LogP contribution is 2.14. The lowest BCUT2D eigenvalue weighted by atomic mass is 10.2. The van der Waals surface area contributed by atoms with Crippen LogP contribution >= 0.6 is 11.6 Å². The Morgan fingerprint density at radius 3 is 2.86 bits per heavy atom. The molecule has 0 radical (unpaired) electrons. The van der Waals surface area contributed by atoms with Gasteiger partial charge in [-0.05, 0) is 19.9 Å². The predicted octanol–water partition coefficient (Wildman–Crippen LogP) is 2.19. The molecular weight excluding hydrogens is 200 g/mol. The number of hydrogen-bond acceptors (Lipinski definition) is 2. The Bertz CT molecular complexity index is 560. The summed E-state index contributed by atoms with van der Waals surface area (Å²) in [6.45, 7) is 3.71. The van der Waals surface area contributed by atoms with Crippen LogP contribution in [0.1, 0.15) is 11.4 Å². The molecule has 2 heterocycles. The minimum atomic E-state index is -0.144. The fourth-order valence-electron chi connectivity index (χ4n) is 1.52. The molecule has 2 rings (SSSR count). The van der Waals surface area contributed by atoms with E-state index < -0.39 is 0 Å². The molecule has 0 saturated carbocycles. The van der Waals surface area contributed by atoms with E-state index in [1.807, 2.05) is 13.8 Å². The van der Waals surface area contributed by atoms with Crippen molar-refractivity contribution < 1.29 is 0 Å². The van der Waals surface area contributed by atoms with Crippen LogP contribution in [0.2, 0.25) is 5.02 Å². The molecule has 3 nitrogen and oxygen atoms in total. The molecular formula is C10H9ClN2O. The maximum absolute atomic E-state index is 11.7. The maximum Gasteiger partial charge on any atom is 0.208 e. The maximum atomic E-state index is 11.7. The lowest BCUT2D eigenvalue weighted by Crippen LogP contribution is -2.05. The van der Waals surface area contributed by atoms with Crippen molar-refractivity contribution in [2.75, 3.05) is 0 Å². The largest absolute Gasteiger partial charge is 0.358 e. The van der Waals surface area contributed by atoms with E-state index in [-0.39, 0.29) is 10.5 Å². The fourth-order valence-corrected chi connectivity index (χ4v) is 1.68. The molecule has 0 aliphatic carbocycles. The van der Waals surface area contributed by atoms with E-state index in [0.29, 0.717) is 5.39 Å². The van der Waals surface area contributed by atoms with Crippen LogP contribution in [0.15, 0.2) is 17.1 Å². The standard InChI is InChI=1S/C10H9ClN2O/c1-5-3-7-9(6(2)13-5)12-4-8(11)10(7)14/h3-4H,1-2H3,(H,12,14). The summed E-state index contributed by atoms with van der Waals surface area (Å²) in [5.41, 5.74) is 2.25. The van der Waals surface area contributed by atoms with Crippen molar-refractivity contribution in [2.45, 2.75) is 13.8 Å². The molecule has 14 heavy (non-hydrogen) atoms. The summed E-state index contributed by atoms with van der Waals surface area (Å²) in [5.74, 6) is 0. The molecule has 0 amide bonds. The van der Waals surface area contributed by atoms with Crippen molar-refractivity contribution in [1.29, 1.82) is 0 Å². The van der Waals surface area contributed by atoms with Gasteiger partial charge in [0.05, 0.1) is 16.6 Å². The highest BCUT2D eigenvalue weighted by atomic mass is 35.5. The van der Waals surface area contributed by atoms with Crippen LogP contribution in [-0.4, -0.2) is 9.97 Å². The van der Waals surface area contributed by atoms with E-state index in [1.165, 1.54) is 6.20 Å². The van der Waals surface area contributed by atoms with Gasteiger partial charge in [-0.25, -0.2) is 0 Å². The number of aromatic nitrogens is 2. The van der Waals surface area contributed by atoms with Gasteiger partial charge in [-0.2, -0.15) is 0 Å². The highest BCUT2D eigenvalue weighted by molar-refractivity contribution is 6.31. The zero-order valence-electron chi connectivity index (χ0n) is 7.89. The van der Waals surface area contributed by atoms with Crippen LogP contribution in [0.4, 0.5) is 0 Å². The number of halogens is 1. The minimum absolute atomic E-state index is 0.144. The third-order valence-corrected chi connectivity index (χ3v) is 2.41. The first-order valence-electron chi connectivity index (χ1n) is 4.25. The predicted molar refractivity (Wildman–Crippen MR) is 56.8 cm³/mol. The molecule has 0 bridgehead atoms. The zero-order chi connectivity index (χ0) is 10.3. The van der Waals surface area contributed by atoms with Crippen molar-refractivity contribution in [3.05, 3.63) is 38.9 Å². The first-order valence-corrected chi connectivity index (χ1v) is 4.62. The second kappa shape index (κ2) is 3.10. The van der Waals surface area contributed by atoms with E-state index >= 15 is 0 Å². The highest BCUT2D eigenvalue weighted by Gasteiger charge is 2.06. The summed E-state index contributed by atoms with van der Waals surface area (Å²) in [6, 6.07) is 1.74. The molecule has 0 saturated heterocycles. The van der Waals surface area contributed by atoms with E-state index in [4.69, 9.17) is 11.6 Å². The van der Waals surface area contributed by atoms with E-state index in [9.17, 15) is 4.79 Å². The van der Waals surface area contributed by atoms with Crippen LogP contribution in [0, 0.1) is 13.8 Å². The third kappa shape index (κ3) is 1.30. The van der Waals surface area contributed by atoms with Gasteiger partial charge in [-0.3, -0.25) is 9.78 Å². The molecule has 0 aliphatic heterocycles. The summed E-state index contributed by atoms with van der Waals surface area (Å²) in [5, 5.41) is 0.810. The van der Waals surface area contributed by atoms with Gasteiger partial charge in [0.25, 0.3) is 0 Å². The van der Waals surface area contributed by atoms with Crippen molar-refractivity contribution in [2.24, 2.45) is 0 Å². The topological polar surface area (TPSA) is 45.8 Å². The van der Waals surface area contributed by atoms with Crippen LogP contribution in [0.5, 0.6) is 0 Å². The van der Waals surface area contributed by atoms with Crippen LogP contribution in [0.3, 0.4) is 0 Å². The molecule has 0 unspecified atom stereocenters. The van der Waals surface area contributed by atoms with Crippen molar-refractivity contribution >= 4 is 22.5 Å². The van der Waals surface area contributed by atoms with Crippen molar-refractivity contribution in [1.82, 2.24) is 9.97 Å². The van der Waals surface area contributed by atoms with E-state index in [2.05, 4.69) is 9.97 Å². The number of pyridine rings is 2. The Labute approximate surface area is 85.7 Å². The zero-order valence-corrected chi connectivity index (χ0v) is 8.64. The Morgan fingerprint density at radius 2 is 2.14 bits per heavy atom. The number of H-pyrrole nitrogens is 1. The first kappa shape index (κ1) is 9.21. The molecule has 2 aromatic rings. The lowest BCUT2D eigenvalue weighted by molar-refractivity contribution is 1.13. The van der Waals surface area contributed by atoms with Crippen molar-refractivity contribution in [3.8, 4) is 0 Å². The normalized spacial score (nSPS) is 10.8. The van der Waals surface area contributed by atoms with Gasteiger partial charge in [-0.15, -0.1) is 0 Å². The number of fused-ring (bicyclic) bond motifs is 1. The second-order valence-corrected chi connectivity index (χ2v) is 3.64. The monoisotopic (exact) mass is 208 g/mol. The van der Waals surface area contributed by atoms with E-state index in [0.717, 1.165) is 16.9 Å². The molecule has 0 fully saturated rings. The van der Waals surface area contributed by atoms with Crippen LogP contribution in [-0.2, 0) is 0 Å². The quantitative estimate of drug-likeness (QED) is 0.722. The number of nitrogens with one attached hydrogen (secondary N) is 1. The number of rotatable bonds is 0. The van der Waals surface area contributed by atoms with Gasteiger partial charge < -0.3 is 4.98 Å². The van der Waals surface area contributed by atoms with Gasteiger partial charge in [0.1, 0.15) is 5.02 Å². The molecule has 4 heteroatoms. The van der Waals surface area contributed by atoms with Crippen LogP contribution in [0.25, 0.3) is 10.9 Å². The second-order valence-electron chi connectivity index (χ2n) is 3.24. The van der Waals surface area contributed by atoms with E-state index in [1.54, 1.807) is 6.07 Å². The van der Waals surface area contributed by atoms with Gasteiger partial charge in [0, 0.05) is 11.9 Å². The number of aromatic amines is 1. The summed E-state index contributed by atoms with van der Waals surface area (Å²) in [4.78, 5) is 18.9. The molecule has 2 aromatic heterocycles. The van der Waals surface area contributed by atoms with Gasteiger partial charge in [-0.1, -0.05) is 11.6 Å². The van der Waals surface area contributed by atoms with Gasteiger partial charge >= 0.3 is 0 Å². The number of hydrogen-bond donors (Lipinski definition) is 1. The summed E-state index contributed by atoms with van der Waals surface area (Å²) >= 11 is 5.73. The first-order chi connectivity index (χ1) is 6.59.